The molecule has 2 aliphatic heterocycles. The highest BCUT2D eigenvalue weighted by molar-refractivity contribution is 5.94. The maximum absolute atomic E-state index is 12.8. The summed E-state index contributed by atoms with van der Waals surface area (Å²) in [4.78, 5) is 21.5. The molecule has 2 fully saturated rings. The number of nitrogens with two attached hydrogens (primary N) is 1. The predicted molar refractivity (Wildman–Crippen MR) is 103 cm³/mol. The molecule has 7 heteroatoms. The Bertz CT molecular complexity index is 518. The van der Waals surface area contributed by atoms with E-state index in [1.54, 1.807) is 6.20 Å². The van der Waals surface area contributed by atoms with E-state index in [0.29, 0.717) is 5.56 Å². The second-order valence-corrected chi connectivity index (χ2v) is 6.52. The summed E-state index contributed by atoms with van der Waals surface area (Å²) >= 11 is 0. The molecule has 1 aromatic rings. The molecule has 0 radical (unpaired) electrons. The van der Waals surface area contributed by atoms with Gasteiger partial charge in [-0.2, -0.15) is 0 Å². The van der Waals surface area contributed by atoms with Crippen LogP contribution in [0.25, 0.3) is 0 Å². The van der Waals surface area contributed by atoms with Crippen LogP contribution in [0.3, 0.4) is 0 Å². The van der Waals surface area contributed by atoms with E-state index in [1.165, 1.54) is 12.8 Å². The monoisotopic (exact) mass is 374 g/mol. The molecule has 0 aliphatic carbocycles. The fourth-order valence-electron chi connectivity index (χ4n) is 3.57. The van der Waals surface area contributed by atoms with Gasteiger partial charge < -0.3 is 15.5 Å². The van der Waals surface area contributed by atoms with Crippen molar-refractivity contribution >= 4 is 36.5 Å². The van der Waals surface area contributed by atoms with Gasteiger partial charge in [0.05, 0.1) is 5.56 Å². The van der Waals surface area contributed by atoms with Crippen LogP contribution in [-0.2, 0) is 0 Å². The molecule has 3 heterocycles. The average Bonchev–Trinajstić information content (AvgIpc) is 3.09. The van der Waals surface area contributed by atoms with Gasteiger partial charge in [0.15, 0.2) is 0 Å². The van der Waals surface area contributed by atoms with Crippen molar-refractivity contribution in [2.45, 2.75) is 51.1 Å². The van der Waals surface area contributed by atoms with E-state index >= 15 is 0 Å². The summed E-state index contributed by atoms with van der Waals surface area (Å²) in [5.74, 6) is 1.05. The molecule has 0 aromatic carbocycles. The number of nitrogens with zero attached hydrogens (tertiary/aromatic N) is 3. The fourth-order valence-corrected chi connectivity index (χ4v) is 3.57. The molecule has 3 rings (SSSR count). The van der Waals surface area contributed by atoms with E-state index in [-0.39, 0.29) is 42.8 Å². The number of carbonyl (C=O) groups excluding carboxylic acids is 1. The highest BCUT2D eigenvalue weighted by Gasteiger charge is 2.30. The molecule has 2 aliphatic rings. The van der Waals surface area contributed by atoms with Crippen molar-refractivity contribution < 1.29 is 4.79 Å². The van der Waals surface area contributed by atoms with Crippen LogP contribution in [0.4, 0.5) is 5.82 Å². The molecule has 0 spiro atoms. The van der Waals surface area contributed by atoms with E-state index in [2.05, 4.69) is 9.88 Å². The summed E-state index contributed by atoms with van der Waals surface area (Å²) in [5, 5.41) is 0. The van der Waals surface area contributed by atoms with Gasteiger partial charge in [0.1, 0.15) is 5.82 Å². The predicted octanol–water partition coefficient (Wildman–Crippen LogP) is 2.87. The highest BCUT2D eigenvalue weighted by atomic mass is 35.5. The van der Waals surface area contributed by atoms with Gasteiger partial charge in [-0.25, -0.2) is 4.98 Å². The van der Waals surface area contributed by atoms with E-state index in [9.17, 15) is 4.79 Å². The first-order chi connectivity index (χ1) is 10.7. The standard InChI is InChI=1S/C17H26N4O.2ClH/c1-13(18)15-6-2-3-11-21(15)17(22)14-7-8-16(19-12-14)20-9-4-5-10-20;;/h7-8,12-13,15H,2-6,9-11,18H2,1H3;2*1H. The van der Waals surface area contributed by atoms with Gasteiger partial charge in [-0.1, -0.05) is 0 Å². The van der Waals surface area contributed by atoms with Crippen LogP contribution < -0.4 is 10.6 Å². The summed E-state index contributed by atoms with van der Waals surface area (Å²) in [6, 6.07) is 4.06. The molecule has 0 saturated carbocycles. The van der Waals surface area contributed by atoms with Crippen molar-refractivity contribution in [1.29, 1.82) is 0 Å². The van der Waals surface area contributed by atoms with Crippen LogP contribution in [0, 0.1) is 0 Å². The second kappa shape index (κ2) is 9.44. The number of rotatable bonds is 3. The average molecular weight is 375 g/mol. The second-order valence-electron chi connectivity index (χ2n) is 6.52. The number of pyridine rings is 1. The van der Waals surface area contributed by atoms with Crippen molar-refractivity contribution in [3.8, 4) is 0 Å². The van der Waals surface area contributed by atoms with Crippen molar-refractivity contribution in [3.05, 3.63) is 23.9 Å². The van der Waals surface area contributed by atoms with Crippen molar-refractivity contribution in [1.82, 2.24) is 9.88 Å². The lowest BCUT2D eigenvalue weighted by Crippen LogP contribution is -2.51. The summed E-state index contributed by atoms with van der Waals surface area (Å²) < 4.78 is 0. The lowest BCUT2D eigenvalue weighted by Gasteiger charge is -2.38. The normalized spacial score (nSPS) is 21.7. The largest absolute Gasteiger partial charge is 0.357 e. The minimum absolute atomic E-state index is 0. The van der Waals surface area contributed by atoms with E-state index in [0.717, 1.165) is 44.7 Å². The Morgan fingerprint density at radius 2 is 1.83 bits per heavy atom. The Hall–Kier alpha value is -1.04. The summed E-state index contributed by atoms with van der Waals surface area (Å²) in [7, 11) is 0. The number of hydrogen-bond acceptors (Lipinski definition) is 4. The van der Waals surface area contributed by atoms with E-state index in [1.807, 2.05) is 24.0 Å². The molecule has 0 bridgehead atoms. The Morgan fingerprint density at radius 3 is 2.42 bits per heavy atom. The van der Waals surface area contributed by atoms with E-state index < -0.39 is 0 Å². The van der Waals surface area contributed by atoms with Gasteiger partial charge >= 0.3 is 0 Å². The zero-order valence-corrected chi connectivity index (χ0v) is 15.8. The van der Waals surface area contributed by atoms with Crippen LogP contribution in [0.5, 0.6) is 0 Å². The molecular weight excluding hydrogens is 347 g/mol. The maximum Gasteiger partial charge on any atom is 0.255 e. The fraction of sp³-hybridized carbons (Fsp3) is 0.647. The Balaban J connectivity index is 0.00000144. The summed E-state index contributed by atoms with van der Waals surface area (Å²) in [6.45, 7) is 4.93. The number of likely N-dealkylation sites (tertiary alicyclic amines) is 1. The SMILES string of the molecule is CC(N)C1CCCCN1C(=O)c1ccc(N2CCCC2)nc1.Cl.Cl. The molecule has 2 saturated heterocycles. The smallest absolute Gasteiger partial charge is 0.255 e. The number of anilines is 1. The first-order valence-corrected chi connectivity index (χ1v) is 8.44. The van der Waals surface area contributed by atoms with Crippen LogP contribution in [0.2, 0.25) is 0 Å². The minimum atomic E-state index is 0. The molecule has 2 atom stereocenters. The highest BCUT2D eigenvalue weighted by Crippen LogP contribution is 2.23. The number of hydrogen-bond donors (Lipinski definition) is 1. The van der Waals surface area contributed by atoms with Crippen LogP contribution in [0.1, 0.15) is 49.4 Å². The molecule has 136 valence electrons. The molecule has 2 unspecified atom stereocenters. The van der Waals surface area contributed by atoms with E-state index in [4.69, 9.17) is 5.73 Å². The maximum atomic E-state index is 12.8. The molecule has 5 nitrogen and oxygen atoms in total. The van der Waals surface area contributed by atoms with Crippen LogP contribution in [0.15, 0.2) is 18.3 Å². The first-order valence-electron chi connectivity index (χ1n) is 8.44. The van der Waals surface area contributed by atoms with Gasteiger partial charge in [0, 0.05) is 37.9 Å². The van der Waals surface area contributed by atoms with Gasteiger partial charge in [0.25, 0.3) is 5.91 Å². The number of amides is 1. The van der Waals surface area contributed by atoms with Crippen molar-refractivity contribution in [3.63, 3.8) is 0 Å². The quantitative estimate of drug-likeness (QED) is 0.883. The third-order valence-electron chi connectivity index (χ3n) is 4.84. The van der Waals surface area contributed by atoms with Gasteiger partial charge in [-0.3, -0.25) is 4.79 Å². The third-order valence-corrected chi connectivity index (χ3v) is 4.84. The Morgan fingerprint density at radius 1 is 1.17 bits per heavy atom. The lowest BCUT2D eigenvalue weighted by atomic mass is 9.96. The lowest BCUT2D eigenvalue weighted by molar-refractivity contribution is 0.0583. The van der Waals surface area contributed by atoms with Crippen LogP contribution in [-0.4, -0.2) is 47.5 Å². The molecule has 1 amide bonds. The summed E-state index contributed by atoms with van der Waals surface area (Å²) in [6.07, 6.45) is 7.40. The number of carbonyl (C=O) groups is 1. The number of halogens is 2. The first kappa shape index (κ1) is 21.0. The van der Waals surface area contributed by atoms with Gasteiger partial charge in [-0.15, -0.1) is 24.8 Å². The topological polar surface area (TPSA) is 62.5 Å². The zero-order valence-electron chi connectivity index (χ0n) is 14.2. The van der Waals surface area contributed by atoms with Gasteiger partial charge in [-0.05, 0) is 51.2 Å². The van der Waals surface area contributed by atoms with Gasteiger partial charge in [0.2, 0.25) is 0 Å². The third kappa shape index (κ3) is 4.52. The number of piperidine rings is 1. The Kier molecular flexibility index (Phi) is 8.27. The van der Waals surface area contributed by atoms with Crippen molar-refractivity contribution in [2.75, 3.05) is 24.5 Å². The number of aromatic nitrogens is 1. The minimum Gasteiger partial charge on any atom is -0.357 e. The molecular formula is C17H28Cl2N4O. The molecule has 24 heavy (non-hydrogen) atoms. The van der Waals surface area contributed by atoms with Crippen molar-refractivity contribution in [2.24, 2.45) is 5.73 Å². The molecule has 2 N–H and O–H groups in total. The van der Waals surface area contributed by atoms with Crippen LogP contribution >= 0.6 is 24.8 Å². The Labute approximate surface area is 156 Å². The zero-order chi connectivity index (χ0) is 15.5. The summed E-state index contributed by atoms with van der Waals surface area (Å²) in [5.41, 5.74) is 6.74. The molecule has 1 aromatic heterocycles.